The highest BCUT2D eigenvalue weighted by Crippen LogP contribution is 2.29. The molecule has 3 rings (SSSR count). The molecule has 0 aliphatic heterocycles. The zero-order valence-corrected chi connectivity index (χ0v) is 14.3. The molecule has 1 fully saturated rings. The first-order chi connectivity index (χ1) is 11.6. The first-order valence-electron chi connectivity index (χ1n) is 8.62. The Balaban J connectivity index is 1.65. The van der Waals surface area contributed by atoms with E-state index >= 15 is 0 Å². The van der Waals surface area contributed by atoms with Crippen LogP contribution in [0.4, 0.5) is 0 Å². The molecular weight excluding hydrogens is 304 g/mol. The molecule has 1 aromatic carbocycles. The van der Waals surface area contributed by atoms with E-state index in [4.69, 9.17) is 4.74 Å². The van der Waals surface area contributed by atoms with Crippen LogP contribution in [-0.2, 0) is 9.53 Å². The quantitative estimate of drug-likeness (QED) is 0.793. The number of nitrogens with one attached hydrogen (secondary N) is 1. The number of carbonyl (C=O) groups is 2. The van der Waals surface area contributed by atoms with E-state index in [-0.39, 0.29) is 12.5 Å². The number of aromatic amines is 1. The first-order valence-corrected chi connectivity index (χ1v) is 8.62. The van der Waals surface area contributed by atoms with Gasteiger partial charge in [0.05, 0.1) is 5.56 Å². The summed E-state index contributed by atoms with van der Waals surface area (Å²) in [6, 6.07) is 7.60. The molecule has 2 aromatic rings. The number of H-pyrrole nitrogens is 1. The van der Waals surface area contributed by atoms with Gasteiger partial charge in [0.1, 0.15) is 0 Å². The van der Waals surface area contributed by atoms with Gasteiger partial charge in [-0.1, -0.05) is 25.1 Å². The number of ether oxygens (including phenoxy) is 1. The van der Waals surface area contributed by atoms with E-state index in [1.54, 1.807) is 0 Å². The summed E-state index contributed by atoms with van der Waals surface area (Å²) in [6.45, 7) is 5.21. The Morgan fingerprint density at radius 3 is 2.75 bits per heavy atom. The average Bonchev–Trinajstić information content (AvgIpc) is 3.32. The number of hydrogen-bond donors (Lipinski definition) is 1. The van der Waals surface area contributed by atoms with Crippen molar-refractivity contribution >= 4 is 22.8 Å². The van der Waals surface area contributed by atoms with Gasteiger partial charge >= 0.3 is 5.97 Å². The summed E-state index contributed by atoms with van der Waals surface area (Å²) in [5.41, 5.74) is 2.18. The van der Waals surface area contributed by atoms with Gasteiger partial charge in [-0.25, -0.2) is 4.79 Å². The highest BCUT2D eigenvalue weighted by Gasteiger charge is 2.27. The van der Waals surface area contributed by atoms with Gasteiger partial charge in [0.15, 0.2) is 6.61 Å². The smallest absolute Gasteiger partial charge is 0.341 e. The molecule has 1 aliphatic rings. The third-order valence-electron chi connectivity index (χ3n) is 4.45. The summed E-state index contributed by atoms with van der Waals surface area (Å²) in [5, 5.41) is 0.829. The lowest BCUT2D eigenvalue weighted by Gasteiger charge is -2.21. The molecule has 1 heterocycles. The molecular formula is C19H24N2O3. The Bertz CT molecular complexity index is 746. The Labute approximate surface area is 142 Å². The SMILES string of the molecule is CCCN(CC1CC1)C(=O)COC(=O)c1c(C)[nH]c2ccccc12. The number of amides is 1. The number of nitrogens with zero attached hydrogens (tertiary/aromatic N) is 1. The molecule has 5 nitrogen and oxygen atoms in total. The van der Waals surface area contributed by atoms with Crippen molar-refractivity contribution in [2.75, 3.05) is 19.7 Å². The van der Waals surface area contributed by atoms with Crippen molar-refractivity contribution in [1.29, 1.82) is 0 Å². The number of fused-ring (bicyclic) bond motifs is 1. The van der Waals surface area contributed by atoms with Crippen molar-refractivity contribution in [2.24, 2.45) is 5.92 Å². The highest BCUT2D eigenvalue weighted by atomic mass is 16.5. The maximum Gasteiger partial charge on any atom is 0.341 e. The van der Waals surface area contributed by atoms with Crippen molar-refractivity contribution < 1.29 is 14.3 Å². The normalized spacial score (nSPS) is 13.9. The van der Waals surface area contributed by atoms with Crippen LogP contribution in [0, 0.1) is 12.8 Å². The second-order valence-corrected chi connectivity index (χ2v) is 6.53. The van der Waals surface area contributed by atoms with E-state index in [1.807, 2.05) is 36.1 Å². The standard InChI is InChI=1S/C19H24N2O3/c1-3-10-21(11-14-8-9-14)17(22)12-24-19(23)18-13(2)20-16-7-5-4-6-15(16)18/h4-7,14,20H,3,8-12H2,1-2H3. The van der Waals surface area contributed by atoms with E-state index in [1.165, 1.54) is 12.8 Å². The van der Waals surface area contributed by atoms with Crippen LogP contribution in [0.1, 0.15) is 42.2 Å². The third kappa shape index (κ3) is 3.61. The van der Waals surface area contributed by atoms with E-state index in [0.717, 1.165) is 36.1 Å². The molecule has 5 heteroatoms. The molecule has 0 saturated heterocycles. The zero-order chi connectivity index (χ0) is 17.1. The molecule has 1 aromatic heterocycles. The first kappa shape index (κ1) is 16.6. The maximum absolute atomic E-state index is 12.4. The second kappa shape index (κ2) is 7.07. The van der Waals surface area contributed by atoms with Gasteiger partial charge in [-0.05, 0) is 38.2 Å². The molecule has 24 heavy (non-hydrogen) atoms. The van der Waals surface area contributed by atoms with Crippen molar-refractivity contribution in [1.82, 2.24) is 9.88 Å². The Morgan fingerprint density at radius 2 is 2.04 bits per heavy atom. The van der Waals surface area contributed by atoms with Crippen LogP contribution in [0.2, 0.25) is 0 Å². The van der Waals surface area contributed by atoms with Gasteiger partial charge in [0, 0.05) is 29.7 Å². The van der Waals surface area contributed by atoms with Crippen LogP contribution in [0.15, 0.2) is 24.3 Å². The van der Waals surface area contributed by atoms with Gasteiger partial charge in [-0.2, -0.15) is 0 Å². The number of hydrogen-bond acceptors (Lipinski definition) is 3. The molecule has 0 unspecified atom stereocenters. The molecule has 0 spiro atoms. The number of carbonyl (C=O) groups excluding carboxylic acids is 2. The van der Waals surface area contributed by atoms with Gasteiger partial charge in [0.2, 0.25) is 0 Å². The lowest BCUT2D eigenvalue weighted by Crippen LogP contribution is -2.36. The van der Waals surface area contributed by atoms with E-state index in [0.29, 0.717) is 11.5 Å². The third-order valence-corrected chi connectivity index (χ3v) is 4.45. The van der Waals surface area contributed by atoms with Crippen LogP contribution in [0.5, 0.6) is 0 Å². The monoisotopic (exact) mass is 328 g/mol. The van der Waals surface area contributed by atoms with E-state index < -0.39 is 5.97 Å². The zero-order valence-electron chi connectivity index (χ0n) is 14.3. The lowest BCUT2D eigenvalue weighted by atomic mass is 10.1. The summed E-state index contributed by atoms with van der Waals surface area (Å²) in [5.74, 6) is 0.0860. The minimum atomic E-state index is -0.443. The summed E-state index contributed by atoms with van der Waals surface area (Å²) in [7, 11) is 0. The van der Waals surface area contributed by atoms with E-state index in [9.17, 15) is 9.59 Å². The van der Waals surface area contributed by atoms with Crippen LogP contribution in [0.25, 0.3) is 10.9 Å². The lowest BCUT2D eigenvalue weighted by molar-refractivity contribution is -0.134. The largest absolute Gasteiger partial charge is 0.452 e. The number of aryl methyl sites for hydroxylation is 1. The maximum atomic E-state index is 12.4. The van der Waals surface area contributed by atoms with Crippen LogP contribution < -0.4 is 0 Å². The van der Waals surface area contributed by atoms with Crippen molar-refractivity contribution in [2.45, 2.75) is 33.1 Å². The van der Waals surface area contributed by atoms with Crippen LogP contribution >= 0.6 is 0 Å². The fourth-order valence-electron chi connectivity index (χ4n) is 3.03. The minimum Gasteiger partial charge on any atom is -0.452 e. The molecule has 0 radical (unpaired) electrons. The number of aromatic nitrogens is 1. The predicted molar refractivity (Wildman–Crippen MR) is 92.9 cm³/mol. The summed E-state index contributed by atoms with van der Waals surface area (Å²) >= 11 is 0. The van der Waals surface area contributed by atoms with Crippen LogP contribution in [-0.4, -0.2) is 41.5 Å². The number of rotatable bonds is 7. The second-order valence-electron chi connectivity index (χ2n) is 6.53. The molecule has 1 N–H and O–H groups in total. The molecule has 128 valence electrons. The van der Waals surface area contributed by atoms with Gasteiger partial charge in [0.25, 0.3) is 5.91 Å². The summed E-state index contributed by atoms with van der Waals surface area (Å²) in [4.78, 5) is 29.8. The van der Waals surface area contributed by atoms with Gasteiger partial charge in [-0.15, -0.1) is 0 Å². The average molecular weight is 328 g/mol. The molecule has 0 atom stereocenters. The van der Waals surface area contributed by atoms with Crippen molar-refractivity contribution in [3.05, 3.63) is 35.5 Å². The Kier molecular flexibility index (Phi) is 4.88. The predicted octanol–water partition coefficient (Wildman–Crippen LogP) is 3.28. The number of esters is 1. The van der Waals surface area contributed by atoms with Crippen LogP contribution in [0.3, 0.4) is 0 Å². The molecule has 0 bridgehead atoms. The fourth-order valence-corrected chi connectivity index (χ4v) is 3.03. The van der Waals surface area contributed by atoms with Gasteiger partial charge in [-0.3, -0.25) is 4.79 Å². The molecule has 1 aliphatic carbocycles. The topological polar surface area (TPSA) is 62.4 Å². The Hall–Kier alpha value is -2.30. The Morgan fingerprint density at radius 1 is 1.29 bits per heavy atom. The fraction of sp³-hybridized carbons (Fsp3) is 0.474. The summed E-state index contributed by atoms with van der Waals surface area (Å²) < 4.78 is 5.32. The summed E-state index contributed by atoms with van der Waals surface area (Å²) in [6.07, 6.45) is 3.30. The number of para-hydroxylation sites is 1. The van der Waals surface area contributed by atoms with E-state index in [2.05, 4.69) is 11.9 Å². The van der Waals surface area contributed by atoms with Crippen molar-refractivity contribution in [3.8, 4) is 0 Å². The number of benzene rings is 1. The molecule has 1 amide bonds. The van der Waals surface area contributed by atoms with Crippen molar-refractivity contribution in [3.63, 3.8) is 0 Å². The highest BCUT2D eigenvalue weighted by molar-refractivity contribution is 6.06. The molecule has 1 saturated carbocycles. The van der Waals surface area contributed by atoms with Gasteiger partial charge < -0.3 is 14.6 Å². The minimum absolute atomic E-state index is 0.102.